The highest BCUT2D eigenvalue weighted by Crippen LogP contribution is 2.15. The third kappa shape index (κ3) is 5.85. The van der Waals surface area contributed by atoms with Crippen LogP contribution >= 0.6 is 11.6 Å². The van der Waals surface area contributed by atoms with Crippen molar-refractivity contribution in [2.75, 3.05) is 44.6 Å². The Hall–Kier alpha value is -1.88. The van der Waals surface area contributed by atoms with Gasteiger partial charge in [-0.25, -0.2) is 0 Å². The van der Waals surface area contributed by atoms with Gasteiger partial charge < -0.3 is 10.2 Å². The van der Waals surface area contributed by atoms with Crippen LogP contribution in [0.1, 0.15) is 5.56 Å². The molecule has 0 saturated carbocycles. The third-order valence-electron chi connectivity index (χ3n) is 4.50. The van der Waals surface area contributed by atoms with Gasteiger partial charge in [0.2, 0.25) is 5.91 Å². The normalized spacial score (nSPS) is 15.9. The molecule has 2 aromatic carbocycles. The van der Waals surface area contributed by atoms with Gasteiger partial charge in [-0.15, -0.1) is 0 Å². The lowest BCUT2D eigenvalue weighted by Gasteiger charge is -2.34. The Labute approximate surface area is 154 Å². The van der Waals surface area contributed by atoms with Crippen LogP contribution < -0.4 is 5.32 Å². The summed E-state index contributed by atoms with van der Waals surface area (Å²) >= 11 is 5.94. The molecule has 5 heteroatoms. The molecule has 3 rings (SSSR count). The van der Waals surface area contributed by atoms with Crippen LogP contribution in [0, 0.1) is 0 Å². The summed E-state index contributed by atoms with van der Waals surface area (Å²) in [5.41, 5.74) is 2.13. The van der Waals surface area contributed by atoms with Crippen molar-refractivity contribution in [1.82, 2.24) is 9.80 Å². The molecule has 0 unspecified atom stereocenters. The van der Waals surface area contributed by atoms with Gasteiger partial charge in [0, 0.05) is 43.4 Å². The van der Waals surface area contributed by atoms with Gasteiger partial charge in [0.15, 0.2) is 0 Å². The molecule has 1 heterocycles. The molecule has 0 aliphatic carbocycles. The highest BCUT2D eigenvalue weighted by molar-refractivity contribution is 6.30. The van der Waals surface area contributed by atoms with Crippen molar-refractivity contribution >= 4 is 23.2 Å². The van der Waals surface area contributed by atoms with E-state index in [2.05, 4.69) is 45.4 Å². The van der Waals surface area contributed by atoms with Crippen LogP contribution in [-0.4, -0.2) is 55.0 Å². The van der Waals surface area contributed by atoms with Crippen LogP contribution in [0.25, 0.3) is 0 Å². The summed E-state index contributed by atoms with van der Waals surface area (Å²) < 4.78 is 0. The van der Waals surface area contributed by atoms with Crippen molar-refractivity contribution in [3.63, 3.8) is 0 Å². The molecule has 0 spiro atoms. The molecular formula is C20H24ClN3O. The number of anilines is 1. The number of piperazine rings is 1. The van der Waals surface area contributed by atoms with Gasteiger partial charge in [0.05, 0.1) is 6.54 Å². The molecule has 4 nitrogen and oxygen atoms in total. The monoisotopic (exact) mass is 357 g/mol. The predicted molar refractivity (Wildman–Crippen MR) is 103 cm³/mol. The van der Waals surface area contributed by atoms with Crippen LogP contribution in [0.2, 0.25) is 5.02 Å². The summed E-state index contributed by atoms with van der Waals surface area (Å²) in [6, 6.07) is 17.8. The predicted octanol–water partition coefficient (Wildman–Crippen LogP) is 3.14. The number of amides is 1. The molecule has 132 valence electrons. The Bertz CT molecular complexity index is 684. The average Bonchev–Trinajstić information content (AvgIpc) is 2.62. The third-order valence-corrected chi connectivity index (χ3v) is 4.74. The smallest absolute Gasteiger partial charge is 0.238 e. The molecule has 1 saturated heterocycles. The average molecular weight is 358 g/mol. The summed E-state index contributed by atoms with van der Waals surface area (Å²) in [6.07, 6.45) is 1.08. The van der Waals surface area contributed by atoms with Crippen LogP contribution in [-0.2, 0) is 11.2 Å². The van der Waals surface area contributed by atoms with Crippen LogP contribution in [0.5, 0.6) is 0 Å². The second-order valence-electron chi connectivity index (χ2n) is 6.41. The molecule has 0 atom stereocenters. The van der Waals surface area contributed by atoms with Crippen LogP contribution in [0.3, 0.4) is 0 Å². The lowest BCUT2D eigenvalue weighted by Crippen LogP contribution is -2.49. The minimum atomic E-state index is 0.0139. The van der Waals surface area contributed by atoms with Gasteiger partial charge >= 0.3 is 0 Å². The summed E-state index contributed by atoms with van der Waals surface area (Å²) in [4.78, 5) is 16.9. The maximum Gasteiger partial charge on any atom is 0.238 e. The van der Waals surface area contributed by atoms with Crippen molar-refractivity contribution in [3.05, 3.63) is 65.2 Å². The number of hydrogen-bond acceptors (Lipinski definition) is 3. The number of benzene rings is 2. The standard InChI is InChI=1S/C20H24ClN3O/c21-18-7-4-8-19(15-18)22-20(25)16-24-13-11-23(12-14-24)10-9-17-5-2-1-3-6-17/h1-8,15H,9-14,16H2,(H,22,25). The lowest BCUT2D eigenvalue weighted by atomic mass is 10.1. The minimum Gasteiger partial charge on any atom is -0.325 e. The lowest BCUT2D eigenvalue weighted by molar-refractivity contribution is -0.117. The SMILES string of the molecule is O=C(CN1CCN(CCc2ccccc2)CC1)Nc1cccc(Cl)c1. The number of nitrogens with zero attached hydrogens (tertiary/aromatic N) is 2. The molecular weight excluding hydrogens is 334 g/mol. The summed E-state index contributed by atoms with van der Waals surface area (Å²) in [5.74, 6) is 0.0139. The number of halogens is 1. The van der Waals surface area contributed by atoms with E-state index < -0.39 is 0 Å². The van der Waals surface area contributed by atoms with E-state index in [0.717, 1.165) is 44.8 Å². The summed E-state index contributed by atoms with van der Waals surface area (Å²) in [5, 5.41) is 3.54. The number of carbonyl (C=O) groups is 1. The van der Waals surface area contributed by atoms with E-state index in [1.54, 1.807) is 12.1 Å². The van der Waals surface area contributed by atoms with E-state index in [9.17, 15) is 4.79 Å². The van der Waals surface area contributed by atoms with Gasteiger partial charge in [0.25, 0.3) is 0 Å². The van der Waals surface area contributed by atoms with E-state index in [1.807, 2.05) is 12.1 Å². The first kappa shape index (κ1) is 17.9. The first-order chi connectivity index (χ1) is 12.2. The molecule has 2 aromatic rings. The zero-order valence-corrected chi connectivity index (χ0v) is 15.1. The molecule has 1 amide bonds. The Morgan fingerprint density at radius 2 is 1.68 bits per heavy atom. The van der Waals surface area contributed by atoms with Gasteiger partial charge in [-0.05, 0) is 30.2 Å². The van der Waals surface area contributed by atoms with Gasteiger partial charge in [-0.3, -0.25) is 9.69 Å². The highest BCUT2D eigenvalue weighted by atomic mass is 35.5. The van der Waals surface area contributed by atoms with E-state index >= 15 is 0 Å². The maximum atomic E-state index is 12.2. The Morgan fingerprint density at radius 3 is 2.40 bits per heavy atom. The molecule has 25 heavy (non-hydrogen) atoms. The Balaban J connectivity index is 1.38. The summed E-state index contributed by atoms with van der Waals surface area (Å²) in [6.45, 7) is 5.38. The largest absolute Gasteiger partial charge is 0.325 e. The quantitative estimate of drug-likeness (QED) is 0.862. The van der Waals surface area contributed by atoms with Gasteiger partial charge in [-0.2, -0.15) is 0 Å². The maximum absolute atomic E-state index is 12.2. The minimum absolute atomic E-state index is 0.0139. The van der Waals surface area contributed by atoms with Crippen molar-refractivity contribution in [3.8, 4) is 0 Å². The van der Waals surface area contributed by atoms with Crippen molar-refractivity contribution in [2.24, 2.45) is 0 Å². The van der Waals surface area contributed by atoms with Crippen molar-refractivity contribution < 1.29 is 4.79 Å². The number of hydrogen-bond donors (Lipinski definition) is 1. The van der Waals surface area contributed by atoms with E-state index in [4.69, 9.17) is 11.6 Å². The first-order valence-corrected chi connectivity index (χ1v) is 9.11. The molecule has 0 aromatic heterocycles. The van der Waals surface area contributed by atoms with Crippen molar-refractivity contribution in [2.45, 2.75) is 6.42 Å². The van der Waals surface area contributed by atoms with Gasteiger partial charge in [-0.1, -0.05) is 48.0 Å². The zero-order chi connectivity index (χ0) is 17.5. The topological polar surface area (TPSA) is 35.6 Å². The highest BCUT2D eigenvalue weighted by Gasteiger charge is 2.18. The van der Waals surface area contributed by atoms with Crippen LogP contribution in [0.15, 0.2) is 54.6 Å². The molecule has 0 bridgehead atoms. The molecule has 1 fully saturated rings. The Morgan fingerprint density at radius 1 is 0.960 bits per heavy atom. The van der Waals surface area contributed by atoms with E-state index in [0.29, 0.717) is 11.6 Å². The Kier molecular flexibility index (Phi) is 6.45. The fourth-order valence-corrected chi connectivity index (χ4v) is 3.26. The zero-order valence-electron chi connectivity index (χ0n) is 14.3. The second kappa shape index (κ2) is 8.99. The van der Waals surface area contributed by atoms with E-state index in [1.165, 1.54) is 5.56 Å². The first-order valence-electron chi connectivity index (χ1n) is 8.73. The number of rotatable bonds is 6. The fourth-order valence-electron chi connectivity index (χ4n) is 3.07. The van der Waals surface area contributed by atoms with Crippen LogP contribution in [0.4, 0.5) is 5.69 Å². The second-order valence-corrected chi connectivity index (χ2v) is 6.85. The van der Waals surface area contributed by atoms with Gasteiger partial charge in [0.1, 0.15) is 0 Å². The number of nitrogens with one attached hydrogen (secondary N) is 1. The van der Waals surface area contributed by atoms with E-state index in [-0.39, 0.29) is 5.91 Å². The molecule has 1 N–H and O–H groups in total. The molecule has 1 aliphatic heterocycles. The molecule has 1 aliphatic rings. The van der Waals surface area contributed by atoms with Crippen molar-refractivity contribution in [1.29, 1.82) is 0 Å². The summed E-state index contributed by atoms with van der Waals surface area (Å²) in [7, 11) is 0. The molecule has 0 radical (unpaired) electrons. The fraction of sp³-hybridized carbons (Fsp3) is 0.350. The number of carbonyl (C=O) groups excluding carboxylic acids is 1.